The van der Waals surface area contributed by atoms with Crippen LogP contribution in [0.5, 0.6) is 5.75 Å². The van der Waals surface area contributed by atoms with Crippen molar-refractivity contribution < 1.29 is 34.5 Å². The lowest BCUT2D eigenvalue weighted by Crippen LogP contribution is -2.55. The molecule has 0 spiro atoms. The highest BCUT2D eigenvalue weighted by Gasteiger charge is 2.28. The van der Waals surface area contributed by atoms with Crippen LogP contribution in [-0.4, -0.2) is 63.7 Å². The van der Waals surface area contributed by atoms with Gasteiger partial charge >= 0.3 is 11.9 Å². The number of hydrogen-bond donors (Lipinski definition) is 7. The Kier molecular flexibility index (Phi) is 11.0. The molecule has 9 N–H and O–H groups in total. The molecule has 0 aliphatic rings. The van der Waals surface area contributed by atoms with Crippen molar-refractivity contribution in [2.75, 3.05) is 6.54 Å². The molecule has 31 heavy (non-hydrogen) atoms. The van der Waals surface area contributed by atoms with E-state index in [0.717, 1.165) is 0 Å². The minimum Gasteiger partial charge on any atom is -0.508 e. The lowest BCUT2D eigenvalue weighted by atomic mass is 10.0. The average Bonchev–Trinajstić information content (AvgIpc) is 2.71. The quantitative estimate of drug-likeness (QED) is 0.183. The second-order valence-electron chi connectivity index (χ2n) is 7.15. The highest BCUT2D eigenvalue weighted by molar-refractivity contribution is 5.92. The Morgan fingerprint density at radius 2 is 1.52 bits per heavy atom. The number of aromatic hydroxyl groups is 1. The van der Waals surface area contributed by atoms with Gasteiger partial charge in [0.05, 0.1) is 6.04 Å². The lowest BCUT2D eigenvalue weighted by Gasteiger charge is -2.23. The van der Waals surface area contributed by atoms with Crippen LogP contribution in [0.25, 0.3) is 0 Å². The van der Waals surface area contributed by atoms with Crippen molar-refractivity contribution in [2.45, 2.75) is 56.7 Å². The summed E-state index contributed by atoms with van der Waals surface area (Å²) >= 11 is 0. The second-order valence-corrected chi connectivity index (χ2v) is 7.15. The van der Waals surface area contributed by atoms with E-state index in [9.17, 15) is 29.4 Å². The van der Waals surface area contributed by atoms with Crippen molar-refractivity contribution in [3.63, 3.8) is 0 Å². The molecule has 0 saturated carbocycles. The van der Waals surface area contributed by atoms with E-state index >= 15 is 0 Å². The van der Waals surface area contributed by atoms with Gasteiger partial charge in [0.1, 0.15) is 17.8 Å². The molecule has 3 unspecified atom stereocenters. The minimum absolute atomic E-state index is 0.0125. The molecule has 1 rings (SSSR count). The van der Waals surface area contributed by atoms with E-state index in [-0.39, 0.29) is 31.4 Å². The monoisotopic (exact) mass is 438 g/mol. The van der Waals surface area contributed by atoms with Gasteiger partial charge in [0, 0.05) is 12.8 Å². The van der Waals surface area contributed by atoms with Gasteiger partial charge in [0.15, 0.2) is 0 Å². The number of phenols is 1. The molecule has 1 aromatic rings. The van der Waals surface area contributed by atoms with Crippen LogP contribution >= 0.6 is 0 Å². The first kappa shape index (κ1) is 25.9. The smallest absolute Gasteiger partial charge is 0.326 e. The molecule has 3 atom stereocenters. The fourth-order valence-electron chi connectivity index (χ4n) is 2.79. The molecule has 0 aliphatic heterocycles. The van der Waals surface area contributed by atoms with Gasteiger partial charge in [-0.2, -0.15) is 0 Å². The minimum atomic E-state index is -1.21. The summed E-state index contributed by atoms with van der Waals surface area (Å²) in [5.74, 6) is -3.74. The number of benzene rings is 1. The molecule has 0 heterocycles. The maximum Gasteiger partial charge on any atom is 0.326 e. The number of carboxylic acid groups (broad SMARTS) is 2. The molecule has 0 radical (unpaired) electrons. The number of unbranched alkanes of at least 4 members (excludes halogenated alkanes) is 1. The largest absolute Gasteiger partial charge is 0.508 e. The van der Waals surface area contributed by atoms with Crippen LogP contribution in [0, 0.1) is 0 Å². The van der Waals surface area contributed by atoms with Crippen LogP contribution in [-0.2, 0) is 25.6 Å². The Morgan fingerprint density at radius 1 is 0.903 bits per heavy atom. The van der Waals surface area contributed by atoms with Gasteiger partial charge in [-0.05, 0) is 49.9 Å². The number of carbonyl (C=O) groups is 4. The Morgan fingerprint density at radius 3 is 2.06 bits per heavy atom. The molecule has 1 aromatic carbocycles. The molecule has 0 fully saturated rings. The predicted molar refractivity (Wildman–Crippen MR) is 111 cm³/mol. The third-order valence-electron chi connectivity index (χ3n) is 4.58. The fourth-order valence-corrected chi connectivity index (χ4v) is 2.79. The topological polar surface area (TPSA) is 205 Å². The summed E-state index contributed by atoms with van der Waals surface area (Å²) in [6.45, 7) is 0.397. The zero-order valence-corrected chi connectivity index (χ0v) is 17.1. The average molecular weight is 438 g/mol. The van der Waals surface area contributed by atoms with Crippen molar-refractivity contribution in [3.8, 4) is 5.75 Å². The zero-order chi connectivity index (χ0) is 23.4. The van der Waals surface area contributed by atoms with Gasteiger partial charge in [0.2, 0.25) is 11.8 Å². The van der Waals surface area contributed by atoms with Crippen LogP contribution in [0.2, 0.25) is 0 Å². The molecule has 172 valence electrons. The van der Waals surface area contributed by atoms with Gasteiger partial charge in [-0.15, -0.1) is 0 Å². The summed E-state index contributed by atoms with van der Waals surface area (Å²) in [4.78, 5) is 47.3. The van der Waals surface area contributed by atoms with Gasteiger partial charge in [-0.1, -0.05) is 12.1 Å². The maximum absolute atomic E-state index is 12.8. The molecule has 11 nitrogen and oxygen atoms in total. The first-order valence-electron chi connectivity index (χ1n) is 9.93. The van der Waals surface area contributed by atoms with Crippen LogP contribution in [0.3, 0.4) is 0 Å². The van der Waals surface area contributed by atoms with Gasteiger partial charge in [0.25, 0.3) is 0 Å². The van der Waals surface area contributed by atoms with Crippen LogP contribution in [0.4, 0.5) is 0 Å². The number of hydrogen-bond acceptors (Lipinski definition) is 7. The molecule has 11 heteroatoms. The molecule has 0 bridgehead atoms. The molecule has 0 aromatic heterocycles. The van der Waals surface area contributed by atoms with Gasteiger partial charge in [-0.25, -0.2) is 4.79 Å². The second kappa shape index (κ2) is 13.2. The number of nitrogens with one attached hydrogen (secondary N) is 2. The van der Waals surface area contributed by atoms with E-state index in [0.29, 0.717) is 24.9 Å². The SMILES string of the molecule is NCCCCC(NC(=O)C(Cc1ccc(O)cc1)NC(=O)C(N)CCC(=O)O)C(=O)O. The van der Waals surface area contributed by atoms with Crippen molar-refractivity contribution in [1.29, 1.82) is 0 Å². The summed E-state index contributed by atoms with van der Waals surface area (Å²) in [6.07, 6.45) is 0.862. The summed E-state index contributed by atoms with van der Waals surface area (Å²) in [7, 11) is 0. The fraction of sp³-hybridized carbons (Fsp3) is 0.500. The number of phenolic OH excluding ortho intramolecular Hbond substituents is 1. The first-order valence-corrected chi connectivity index (χ1v) is 9.93. The highest BCUT2D eigenvalue weighted by Crippen LogP contribution is 2.12. The van der Waals surface area contributed by atoms with Gasteiger partial charge < -0.3 is 37.4 Å². The Labute approximate surface area is 179 Å². The normalized spacial score (nSPS) is 13.6. The Balaban J connectivity index is 2.92. The predicted octanol–water partition coefficient (Wildman–Crippen LogP) is -0.690. The lowest BCUT2D eigenvalue weighted by molar-refractivity contribution is -0.142. The number of nitrogens with two attached hydrogens (primary N) is 2. The Hall–Kier alpha value is -3.18. The zero-order valence-electron chi connectivity index (χ0n) is 17.1. The first-order chi connectivity index (χ1) is 14.6. The van der Waals surface area contributed by atoms with E-state index in [1.54, 1.807) is 12.1 Å². The summed E-state index contributed by atoms with van der Waals surface area (Å²) in [5, 5.41) is 32.4. The van der Waals surface area contributed by atoms with Crippen LogP contribution in [0.15, 0.2) is 24.3 Å². The van der Waals surface area contributed by atoms with E-state index in [4.69, 9.17) is 16.6 Å². The van der Waals surface area contributed by atoms with Gasteiger partial charge in [-0.3, -0.25) is 14.4 Å². The number of carbonyl (C=O) groups excluding carboxylic acids is 2. The highest BCUT2D eigenvalue weighted by atomic mass is 16.4. The van der Waals surface area contributed by atoms with Crippen molar-refractivity contribution in [3.05, 3.63) is 29.8 Å². The summed E-state index contributed by atoms with van der Waals surface area (Å²) < 4.78 is 0. The van der Waals surface area contributed by atoms with Crippen molar-refractivity contribution >= 4 is 23.8 Å². The molecule has 0 aliphatic carbocycles. The van der Waals surface area contributed by atoms with E-state index in [1.165, 1.54) is 12.1 Å². The van der Waals surface area contributed by atoms with E-state index < -0.39 is 41.9 Å². The number of rotatable bonds is 14. The van der Waals surface area contributed by atoms with Crippen molar-refractivity contribution in [2.24, 2.45) is 11.5 Å². The molecule has 0 saturated heterocycles. The number of amides is 2. The maximum atomic E-state index is 12.8. The van der Waals surface area contributed by atoms with Crippen molar-refractivity contribution in [1.82, 2.24) is 10.6 Å². The summed E-state index contributed by atoms with van der Waals surface area (Å²) in [5.41, 5.74) is 11.7. The van der Waals surface area contributed by atoms with Crippen LogP contribution < -0.4 is 22.1 Å². The standard InChI is InChI=1S/C20H30N4O7/c21-10-2-1-3-15(20(30)31)23-19(29)16(11-12-4-6-13(25)7-5-12)24-18(28)14(22)8-9-17(26)27/h4-7,14-16,25H,1-3,8-11,21-22H2,(H,23,29)(H,24,28)(H,26,27)(H,30,31). The third-order valence-corrected chi connectivity index (χ3v) is 4.58. The molecular weight excluding hydrogens is 408 g/mol. The summed E-state index contributed by atoms with van der Waals surface area (Å²) in [6, 6.07) is 2.49. The Bertz CT molecular complexity index is 754. The van der Waals surface area contributed by atoms with E-state index in [2.05, 4.69) is 10.6 Å². The number of aliphatic carboxylic acids is 2. The van der Waals surface area contributed by atoms with Crippen LogP contribution in [0.1, 0.15) is 37.7 Å². The molecule has 2 amide bonds. The molecular formula is C20H30N4O7. The van der Waals surface area contributed by atoms with E-state index in [1.807, 2.05) is 0 Å². The number of carboxylic acids is 2. The third kappa shape index (κ3) is 9.92.